The van der Waals surface area contributed by atoms with E-state index in [-0.39, 0.29) is 12.0 Å². The average Bonchev–Trinajstić information content (AvgIpc) is 3.19. The third-order valence-electron chi connectivity index (χ3n) is 6.30. The Morgan fingerprint density at radius 1 is 1.21 bits per heavy atom. The standard InChI is InChI=1S/C22H38N4O3/c1-3-8-19(27)15-24-11-13-25(14-12-24)16-21-23-20(17-29-21)22(28)26(4-2)18-9-6-5-7-10-18/h17-19,27H,3-16H2,1-2H3. The van der Waals surface area contributed by atoms with E-state index in [9.17, 15) is 9.90 Å². The third-order valence-corrected chi connectivity index (χ3v) is 6.30. The molecule has 7 nitrogen and oxygen atoms in total. The van der Waals surface area contributed by atoms with Gasteiger partial charge in [0.1, 0.15) is 6.26 Å². The van der Waals surface area contributed by atoms with Crippen molar-refractivity contribution < 1.29 is 14.3 Å². The zero-order valence-electron chi connectivity index (χ0n) is 18.2. The molecule has 3 rings (SSSR count). The van der Waals surface area contributed by atoms with Gasteiger partial charge in [-0.3, -0.25) is 14.6 Å². The van der Waals surface area contributed by atoms with Crippen molar-refractivity contribution in [3.63, 3.8) is 0 Å². The molecule has 1 aromatic heterocycles. The number of piperazine rings is 1. The maximum atomic E-state index is 12.9. The van der Waals surface area contributed by atoms with Gasteiger partial charge in [-0.25, -0.2) is 4.98 Å². The van der Waals surface area contributed by atoms with Crippen LogP contribution in [-0.4, -0.2) is 82.1 Å². The van der Waals surface area contributed by atoms with E-state index in [2.05, 4.69) is 21.7 Å². The quantitative estimate of drug-likeness (QED) is 0.680. The normalized spacial score (nSPS) is 20.7. The zero-order chi connectivity index (χ0) is 20.6. The molecule has 1 unspecified atom stereocenters. The summed E-state index contributed by atoms with van der Waals surface area (Å²) in [4.78, 5) is 24.1. The second-order valence-electron chi connectivity index (χ2n) is 8.53. The van der Waals surface area contributed by atoms with Gasteiger partial charge in [0.05, 0.1) is 12.6 Å². The van der Waals surface area contributed by atoms with E-state index in [1.54, 1.807) is 0 Å². The third kappa shape index (κ3) is 6.27. The molecule has 1 aromatic rings. The molecule has 2 fully saturated rings. The van der Waals surface area contributed by atoms with Gasteiger partial charge in [-0.15, -0.1) is 0 Å². The second kappa shape index (κ2) is 11.1. The molecule has 0 radical (unpaired) electrons. The number of hydrogen-bond acceptors (Lipinski definition) is 6. The Morgan fingerprint density at radius 3 is 2.55 bits per heavy atom. The number of aromatic nitrogens is 1. The average molecular weight is 407 g/mol. The molecule has 0 aromatic carbocycles. The molecule has 2 aliphatic rings. The SMILES string of the molecule is CCCC(O)CN1CCN(Cc2nc(C(=O)N(CC)C3CCCCC3)co2)CC1. The van der Waals surface area contributed by atoms with Gasteiger partial charge in [0, 0.05) is 45.3 Å². The molecule has 1 aliphatic carbocycles. The fourth-order valence-corrected chi connectivity index (χ4v) is 4.63. The summed E-state index contributed by atoms with van der Waals surface area (Å²) >= 11 is 0. The highest BCUT2D eigenvalue weighted by atomic mass is 16.3. The molecular weight excluding hydrogens is 368 g/mol. The fraction of sp³-hybridized carbons (Fsp3) is 0.818. The Kier molecular flexibility index (Phi) is 8.51. The van der Waals surface area contributed by atoms with Gasteiger partial charge in [-0.2, -0.15) is 0 Å². The Balaban J connectivity index is 1.48. The lowest BCUT2D eigenvalue weighted by atomic mass is 9.94. The Bertz CT molecular complexity index is 621. The maximum absolute atomic E-state index is 12.9. The van der Waals surface area contributed by atoms with E-state index in [1.807, 2.05) is 11.8 Å². The Morgan fingerprint density at radius 2 is 1.90 bits per heavy atom. The summed E-state index contributed by atoms with van der Waals surface area (Å²) < 4.78 is 5.64. The summed E-state index contributed by atoms with van der Waals surface area (Å²) in [5.41, 5.74) is 0.439. The molecule has 164 valence electrons. The minimum absolute atomic E-state index is 0.00383. The number of aliphatic hydroxyl groups excluding tert-OH is 1. The molecule has 0 bridgehead atoms. The van der Waals surface area contributed by atoms with E-state index in [1.165, 1.54) is 25.5 Å². The zero-order valence-corrected chi connectivity index (χ0v) is 18.2. The lowest BCUT2D eigenvalue weighted by Crippen LogP contribution is -2.48. The van der Waals surface area contributed by atoms with Crippen LogP contribution in [0.15, 0.2) is 10.7 Å². The summed E-state index contributed by atoms with van der Waals surface area (Å²) in [7, 11) is 0. The summed E-state index contributed by atoms with van der Waals surface area (Å²) in [5.74, 6) is 0.622. The van der Waals surface area contributed by atoms with Crippen LogP contribution in [-0.2, 0) is 6.54 Å². The van der Waals surface area contributed by atoms with Crippen molar-refractivity contribution >= 4 is 5.91 Å². The lowest BCUT2D eigenvalue weighted by Gasteiger charge is -2.35. The number of oxazole rings is 1. The molecule has 7 heteroatoms. The first-order valence-electron chi connectivity index (χ1n) is 11.5. The fourth-order valence-electron chi connectivity index (χ4n) is 4.63. The smallest absolute Gasteiger partial charge is 0.276 e. The Labute approximate surface area is 175 Å². The van der Waals surface area contributed by atoms with Gasteiger partial charge in [0.2, 0.25) is 5.89 Å². The summed E-state index contributed by atoms with van der Waals surface area (Å²) in [6.07, 6.45) is 9.08. The van der Waals surface area contributed by atoms with Crippen molar-refractivity contribution in [3.05, 3.63) is 17.8 Å². The van der Waals surface area contributed by atoms with Crippen molar-refractivity contribution in [1.29, 1.82) is 0 Å². The molecule has 2 heterocycles. The first kappa shape index (κ1) is 22.2. The van der Waals surface area contributed by atoms with Gasteiger partial charge >= 0.3 is 0 Å². The van der Waals surface area contributed by atoms with Crippen LogP contribution in [0.3, 0.4) is 0 Å². The van der Waals surface area contributed by atoms with Crippen molar-refractivity contribution in [2.75, 3.05) is 39.3 Å². The highest BCUT2D eigenvalue weighted by Gasteiger charge is 2.27. The van der Waals surface area contributed by atoms with E-state index in [0.717, 1.165) is 65.0 Å². The minimum atomic E-state index is -0.225. The van der Waals surface area contributed by atoms with E-state index >= 15 is 0 Å². The van der Waals surface area contributed by atoms with Crippen LogP contribution in [0.25, 0.3) is 0 Å². The number of hydrogen-bond donors (Lipinski definition) is 1. The van der Waals surface area contributed by atoms with E-state index in [4.69, 9.17) is 4.42 Å². The number of amides is 1. The van der Waals surface area contributed by atoms with E-state index in [0.29, 0.717) is 24.2 Å². The maximum Gasteiger partial charge on any atom is 0.276 e. The molecule has 0 spiro atoms. The van der Waals surface area contributed by atoms with Crippen LogP contribution in [0.5, 0.6) is 0 Å². The molecule has 1 saturated heterocycles. The van der Waals surface area contributed by atoms with Gasteiger partial charge in [0.15, 0.2) is 5.69 Å². The number of aliphatic hydroxyl groups is 1. The van der Waals surface area contributed by atoms with Crippen LogP contribution in [0.2, 0.25) is 0 Å². The second-order valence-corrected chi connectivity index (χ2v) is 8.53. The highest BCUT2D eigenvalue weighted by Crippen LogP contribution is 2.24. The molecule has 1 atom stereocenters. The van der Waals surface area contributed by atoms with Crippen LogP contribution < -0.4 is 0 Å². The van der Waals surface area contributed by atoms with Crippen LogP contribution >= 0.6 is 0 Å². The molecule has 1 amide bonds. The number of rotatable bonds is 9. The van der Waals surface area contributed by atoms with Crippen LogP contribution in [0, 0.1) is 0 Å². The molecular formula is C22H38N4O3. The van der Waals surface area contributed by atoms with Gasteiger partial charge in [-0.05, 0) is 26.2 Å². The summed E-state index contributed by atoms with van der Waals surface area (Å²) in [6, 6.07) is 0.345. The van der Waals surface area contributed by atoms with Crippen molar-refractivity contribution in [3.8, 4) is 0 Å². The number of carbonyl (C=O) groups excluding carboxylic acids is 1. The monoisotopic (exact) mass is 406 g/mol. The summed E-state index contributed by atoms with van der Waals surface area (Å²) in [5, 5.41) is 10.0. The topological polar surface area (TPSA) is 73.1 Å². The van der Waals surface area contributed by atoms with Gasteiger partial charge in [0.25, 0.3) is 5.91 Å². The number of β-amino-alcohol motifs (C(OH)–C–C–N with tert-alkyl or cyclic N) is 1. The first-order valence-corrected chi connectivity index (χ1v) is 11.5. The van der Waals surface area contributed by atoms with E-state index < -0.39 is 0 Å². The first-order chi connectivity index (χ1) is 14.1. The van der Waals surface area contributed by atoms with Crippen LogP contribution in [0.4, 0.5) is 0 Å². The Hall–Kier alpha value is -1.44. The predicted octanol–water partition coefficient (Wildman–Crippen LogP) is 2.75. The lowest BCUT2D eigenvalue weighted by molar-refractivity contribution is 0.0633. The van der Waals surface area contributed by atoms with Gasteiger partial charge in [-0.1, -0.05) is 32.6 Å². The molecule has 1 saturated carbocycles. The molecule has 29 heavy (non-hydrogen) atoms. The summed E-state index contributed by atoms with van der Waals surface area (Å²) in [6.45, 7) is 9.99. The van der Waals surface area contributed by atoms with Crippen molar-refractivity contribution in [2.24, 2.45) is 0 Å². The molecule has 1 N–H and O–H groups in total. The van der Waals surface area contributed by atoms with Crippen molar-refractivity contribution in [2.45, 2.75) is 77.5 Å². The highest BCUT2D eigenvalue weighted by molar-refractivity contribution is 5.92. The van der Waals surface area contributed by atoms with Crippen LogP contribution in [0.1, 0.15) is 75.2 Å². The number of nitrogens with zero attached hydrogens (tertiary/aromatic N) is 4. The molecule has 1 aliphatic heterocycles. The van der Waals surface area contributed by atoms with Gasteiger partial charge < -0.3 is 14.4 Å². The minimum Gasteiger partial charge on any atom is -0.447 e. The van der Waals surface area contributed by atoms with Crippen molar-refractivity contribution in [1.82, 2.24) is 19.7 Å². The number of carbonyl (C=O) groups is 1. The predicted molar refractivity (Wildman–Crippen MR) is 113 cm³/mol. The largest absolute Gasteiger partial charge is 0.447 e.